The quantitative estimate of drug-likeness (QED) is 0.554. The Morgan fingerprint density at radius 2 is 2.03 bits per heavy atom. The lowest BCUT2D eigenvalue weighted by molar-refractivity contribution is 0.365. The molecule has 1 aliphatic rings. The maximum atomic E-state index is 6.16. The van der Waals surface area contributed by atoms with E-state index in [4.69, 9.17) is 16.6 Å². The summed E-state index contributed by atoms with van der Waals surface area (Å²) in [6.07, 6.45) is 3.74. The summed E-state index contributed by atoms with van der Waals surface area (Å²) in [7, 11) is 0. The number of nitrogens with zero attached hydrogens (tertiary/aromatic N) is 6. The highest BCUT2D eigenvalue weighted by atomic mass is 35.5. The molecule has 3 rings (SSSR count). The second-order valence-electron chi connectivity index (χ2n) is 7.41. The van der Waals surface area contributed by atoms with Crippen molar-refractivity contribution in [2.24, 2.45) is 4.99 Å². The van der Waals surface area contributed by atoms with E-state index in [2.05, 4.69) is 56.7 Å². The number of benzene rings is 1. The Morgan fingerprint density at radius 3 is 2.72 bits per heavy atom. The third-order valence-corrected chi connectivity index (χ3v) is 5.59. The average Bonchev–Trinajstić information content (AvgIpc) is 3.20. The minimum atomic E-state index is 0.390. The van der Waals surface area contributed by atoms with Gasteiger partial charge in [0.15, 0.2) is 5.96 Å². The lowest BCUT2D eigenvalue weighted by atomic mass is 10.2. The lowest BCUT2D eigenvalue weighted by Gasteiger charge is -2.38. The van der Waals surface area contributed by atoms with E-state index in [0.717, 1.165) is 62.4 Å². The summed E-state index contributed by atoms with van der Waals surface area (Å²) in [6, 6.07) is 8.48. The summed E-state index contributed by atoms with van der Waals surface area (Å²) in [5.41, 5.74) is 1.19. The van der Waals surface area contributed by atoms with Gasteiger partial charge in [0.25, 0.3) is 0 Å². The van der Waals surface area contributed by atoms with E-state index in [1.807, 2.05) is 18.2 Å². The van der Waals surface area contributed by atoms with Crippen molar-refractivity contribution >= 4 is 23.2 Å². The molecule has 1 aromatic heterocycles. The molecule has 1 fully saturated rings. The zero-order chi connectivity index (χ0) is 20.6. The molecule has 0 amide bonds. The van der Waals surface area contributed by atoms with Crippen molar-refractivity contribution < 1.29 is 0 Å². The highest BCUT2D eigenvalue weighted by Gasteiger charge is 2.21. The molecule has 29 heavy (non-hydrogen) atoms. The van der Waals surface area contributed by atoms with Crippen LogP contribution in [0.2, 0.25) is 5.02 Å². The minimum Gasteiger partial charge on any atom is -0.368 e. The van der Waals surface area contributed by atoms with Gasteiger partial charge in [-0.15, -0.1) is 10.2 Å². The van der Waals surface area contributed by atoms with Crippen LogP contribution in [0.5, 0.6) is 0 Å². The number of nitrogens with one attached hydrogen (secondary N) is 1. The normalized spacial score (nSPS) is 16.2. The summed E-state index contributed by atoms with van der Waals surface area (Å²) < 4.78 is 2.08. The Balaban J connectivity index is 1.62. The molecule has 158 valence electrons. The summed E-state index contributed by atoms with van der Waals surface area (Å²) in [6.45, 7) is 11.8. The Labute approximate surface area is 178 Å². The number of rotatable bonds is 7. The fraction of sp³-hybridized carbons (Fsp3) is 0.571. The maximum Gasteiger partial charge on any atom is 0.194 e. The summed E-state index contributed by atoms with van der Waals surface area (Å²) in [5.74, 6) is 2.00. The van der Waals surface area contributed by atoms with Crippen molar-refractivity contribution in [3.05, 3.63) is 41.4 Å². The lowest BCUT2D eigenvalue weighted by Crippen LogP contribution is -2.54. The summed E-state index contributed by atoms with van der Waals surface area (Å²) >= 11 is 6.16. The highest BCUT2D eigenvalue weighted by molar-refractivity contribution is 6.30. The molecule has 0 saturated carbocycles. The molecule has 1 N–H and O–H groups in total. The minimum absolute atomic E-state index is 0.390. The van der Waals surface area contributed by atoms with E-state index >= 15 is 0 Å². The molecular formula is C21H32ClN7. The van der Waals surface area contributed by atoms with Crippen LogP contribution in [-0.2, 0) is 13.0 Å². The first-order valence-corrected chi connectivity index (χ1v) is 10.9. The Hall–Kier alpha value is -2.28. The van der Waals surface area contributed by atoms with Gasteiger partial charge in [0.05, 0.1) is 6.54 Å². The second-order valence-corrected chi connectivity index (χ2v) is 7.84. The molecule has 0 radical (unpaired) electrons. The van der Waals surface area contributed by atoms with Crippen LogP contribution in [-0.4, -0.2) is 64.4 Å². The molecule has 2 aromatic rings. The van der Waals surface area contributed by atoms with E-state index in [0.29, 0.717) is 12.6 Å². The molecule has 0 bridgehead atoms. The van der Waals surface area contributed by atoms with Gasteiger partial charge >= 0.3 is 0 Å². The van der Waals surface area contributed by atoms with Crippen molar-refractivity contribution in [1.82, 2.24) is 25.0 Å². The molecule has 1 atom stereocenters. The molecular weight excluding hydrogens is 386 g/mol. The maximum absolute atomic E-state index is 6.16. The average molecular weight is 418 g/mol. The monoisotopic (exact) mass is 417 g/mol. The summed E-state index contributed by atoms with van der Waals surface area (Å²) in [5, 5.41) is 12.5. The number of guanidine groups is 1. The number of aromatic nitrogens is 3. The molecule has 2 heterocycles. The number of aliphatic imine (C=N–C) groups is 1. The van der Waals surface area contributed by atoms with E-state index in [-0.39, 0.29) is 0 Å². The fourth-order valence-corrected chi connectivity index (χ4v) is 3.60. The van der Waals surface area contributed by atoms with Crippen molar-refractivity contribution in [2.45, 2.75) is 46.2 Å². The number of hydrogen-bond acceptors (Lipinski definition) is 4. The van der Waals surface area contributed by atoms with Gasteiger partial charge < -0.3 is 19.7 Å². The second kappa shape index (κ2) is 10.5. The fourth-order valence-electron chi connectivity index (χ4n) is 3.41. The Bertz CT molecular complexity index is 796. The number of anilines is 1. The SMILES string of the molecule is CCc1nncn1CCN=C(NC(C)CC)N1CCN(c2cccc(Cl)c2)CC1. The number of halogens is 1. The number of hydrogen-bond donors (Lipinski definition) is 1. The first-order chi connectivity index (χ1) is 14.1. The largest absolute Gasteiger partial charge is 0.368 e. The number of aryl methyl sites for hydroxylation is 1. The van der Waals surface area contributed by atoms with Crippen LogP contribution >= 0.6 is 11.6 Å². The van der Waals surface area contributed by atoms with Crippen LogP contribution in [0.15, 0.2) is 35.6 Å². The zero-order valence-corrected chi connectivity index (χ0v) is 18.4. The topological polar surface area (TPSA) is 61.6 Å². The van der Waals surface area contributed by atoms with Crippen molar-refractivity contribution in [2.75, 3.05) is 37.6 Å². The molecule has 0 spiro atoms. The first-order valence-electron chi connectivity index (χ1n) is 10.5. The third-order valence-electron chi connectivity index (χ3n) is 5.35. The first kappa shape index (κ1) is 21.4. The molecule has 8 heteroatoms. The van der Waals surface area contributed by atoms with Crippen LogP contribution in [0.3, 0.4) is 0 Å². The van der Waals surface area contributed by atoms with Gasteiger partial charge in [0.2, 0.25) is 0 Å². The van der Waals surface area contributed by atoms with Gasteiger partial charge in [-0.2, -0.15) is 0 Å². The van der Waals surface area contributed by atoms with Gasteiger partial charge in [-0.1, -0.05) is 31.5 Å². The van der Waals surface area contributed by atoms with Gasteiger partial charge in [0, 0.05) is 55.9 Å². The van der Waals surface area contributed by atoms with E-state index < -0.39 is 0 Å². The van der Waals surface area contributed by atoms with Crippen LogP contribution < -0.4 is 10.2 Å². The highest BCUT2D eigenvalue weighted by Crippen LogP contribution is 2.20. The van der Waals surface area contributed by atoms with E-state index in [1.54, 1.807) is 6.33 Å². The van der Waals surface area contributed by atoms with E-state index in [1.165, 1.54) is 5.69 Å². The van der Waals surface area contributed by atoms with Crippen LogP contribution in [0.25, 0.3) is 0 Å². The molecule has 0 aliphatic carbocycles. The molecule has 7 nitrogen and oxygen atoms in total. The van der Waals surface area contributed by atoms with Gasteiger partial charge in [-0.05, 0) is 31.5 Å². The third kappa shape index (κ3) is 5.85. The predicted octanol–water partition coefficient (Wildman–Crippen LogP) is 3.06. The zero-order valence-electron chi connectivity index (χ0n) is 17.7. The standard InChI is InChI=1S/C21H32ClN7/c1-4-17(3)25-21(23-9-10-29-16-24-26-20(29)5-2)28-13-11-27(12-14-28)19-8-6-7-18(22)15-19/h6-8,15-17H,4-5,9-14H2,1-3H3,(H,23,25). The Kier molecular flexibility index (Phi) is 7.75. The van der Waals surface area contributed by atoms with Crippen molar-refractivity contribution in [1.29, 1.82) is 0 Å². The smallest absolute Gasteiger partial charge is 0.194 e. The molecule has 1 unspecified atom stereocenters. The van der Waals surface area contributed by atoms with Crippen molar-refractivity contribution in [3.8, 4) is 0 Å². The summed E-state index contributed by atoms with van der Waals surface area (Å²) in [4.78, 5) is 9.66. The molecule has 1 aromatic carbocycles. The van der Waals surface area contributed by atoms with Crippen LogP contribution in [0.4, 0.5) is 5.69 Å². The van der Waals surface area contributed by atoms with E-state index in [9.17, 15) is 0 Å². The van der Waals surface area contributed by atoms with Crippen LogP contribution in [0.1, 0.15) is 33.0 Å². The molecule has 1 saturated heterocycles. The van der Waals surface area contributed by atoms with Crippen LogP contribution in [0, 0.1) is 0 Å². The van der Waals surface area contributed by atoms with Gasteiger partial charge in [0.1, 0.15) is 12.2 Å². The van der Waals surface area contributed by atoms with Gasteiger partial charge in [-0.3, -0.25) is 4.99 Å². The molecule has 1 aliphatic heterocycles. The predicted molar refractivity (Wildman–Crippen MR) is 120 cm³/mol. The Morgan fingerprint density at radius 1 is 1.24 bits per heavy atom. The van der Waals surface area contributed by atoms with Crippen molar-refractivity contribution in [3.63, 3.8) is 0 Å². The van der Waals surface area contributed by atoms with Gasteiger partial charge in [-0.25, -0.2) is 0 Å². The number of piperazine rings is 1.